The van der Waals surface area contributed by atoms with E-state index < -0.39 is 11.6 Å². The van der Waals surface area contributed by atoms with Crippen LogP contribution in [0.2, 0.25) is 0 Å². The third-order valence-electron chi connectivity index (χ3n) is 7.21. The molecular weight excluding hydrogens is 572 g/mol. The maximum absolute atomic E-state index is 13.9. The number of aliphatic hydroxyl groups excluding tert-OH is 1. The largest absolute Gasteiger partial charge is 0.394 e. The number of urea groups is 1. The number of anilines is 3. The first-order chi connectivity index (χ1) is 21.3. The molecule has 2 amide bonds. The summed E-state index contributed by atoms with van der Waals surface area (Å²) in [5.41, 5.74) is 1.73. The lowest BCUT2D eigenvalue weighted by Gasteiger charge is -2.27. The zero-order valence-corrected chi connectivity index (χ0v) is 25.9. The summed E-state index contributed by atoms with van der Waals surface area (Å²) in [5, 5.41) is 33.2. The number of benzene rings is 1. The van der Waals surface area contributed by atoms with Crippen LogP contribution in [0, 0.1) is 11.3 Å². The van der Waals surface area contributed by atoms with Crippen LogP contribution in [-0.4, -0.2) is 54.1 Å². The molecule has 0 radical (unpaired) electrons. The molecule has 0 saturated carbocycles. The minimum absolute atomic E-state index is 0.266. The second kappa shape index (κ2) is 11.8. The number of hydrogen-bond donors (Lipinski definition) is 4. The standard InChI is InChI=1S/C32H34N10O3/c1-31(2,3)25-14-26(42(40-25)23-11-10-22(15-33)35-17-23)38-30(45)37-21-9-7-8-19(12-21)24-13-20-16-36-29(34-6)39-27(20)41(28(24)44)32(4,5)18-43/h7-14,16-17,43H,18H2,1-6H3,(H,34,36,39)(H2,37,38,45). The number of carbonyl (C=O) groups excluding carboxylic acids is 1. The van der Waals surface area contributed by atoms with Crippen molar-refractivity contribution in [3.05, 3.63) is 82.7 Å². The first-order valence-electron chi connectivity index (χ1n) is 14.2. The van der Waals surface area contributed by atoms with Gasteiger partial charge in [0.25, 0.3) is 5.56 Å². The van der Waals surface area contributed by atoms with Crippen LogP contribution >= 0.6 is 0 Å². The van der Waals surface area contributed by atoms with Gasteiger partial charge in [0.1, 0.15) is 23.2 Å². The number of carbonyl (C=O) groups is 1. The number of nitrogens with zero attached hydrogens (tertiary/aromatic N) is 7. The average Bonchev–Trinajstić information content (AvgIpc) is 3.44. The van der Waals surface area contributed by atoms with E-state index >= 15 is 0 Å². The zero-order valence-electron chi connectivity index (χ0n) is 25.9. The van der Waals surface area contributed by atoms with E-state index in [0.29, 0.717) is 45.3 Å². The molecule has 5 aromatic rings. The Hall–Kier alpha value is -5.61. The molecule has 0 aliphatic heterocycles. The Kier molecular flexibility index (Phi) is 8.10. The van der Waals surface area contributed by atoms with Gasteiger partial charge in [0, 0.05) is 41.4 Å². The molecule has 0 fully saturated rings. The molecule has 5 rings (SSSR count). The summed E-state index contributed by atoms with van der Waals surface area (Å²) in [5.74, 6) is 0.755. The molecule has 0 atom stereocenters. The van der Waals surface area contributed by atoms with Gasteiger partial charge in [-0.05, 0) is 49.7 Å². The number of rotatable bonds is 7. The molecular formula is C32H34N10O3. The van der Waals surface area contributed by atoms with Crippen LogP contribution in [-0.2, 0) is 11.0 Å². The molecule has 4 N–H and O–H groups in total. The Morgan fingerprint density at radius 2 is 1.80 bits per heavy atom. The van der Waals surface area contributed by atoms with Gasteiger partial charge < -0.3 is 15.7 Å². The Morgan fingerprint density at radius 3 is 2.44 bits per heavy atom. The topological polar surface area (TPSA) is 176 Å². The van der Waals surface area contributed by atoms with Crippen molar-refractivity contribution in [3.8, 4) is 22.9 Å². The number of aliphatic hydroxyl groups is 1. The van der Waals surface area contributed by atoms with Crippen LogP contribution in [0.5, 0.6) is 0 Å². The molecule has 13 heteroatoms. The zero-order chi connectivity index (χ0) is 32.5. The van der Waals surface area contributed by atoms with Gasteiger partial charge >= 0.3 is 6.03 Å². The van der Waals surface area contributed by atoms with E-state index in [9.17, 15) is 14.7 Å². The van der Waals surface area contributed by atoms with E-state index in [4.69, 9.17) is 5.26 Å². The monoisotopic (exact) mass is 606 g/mol. The summed E-state index contributed by atoms with van der Waals surface area (Å²) >= 11 is 0. The number of amides is 2. The molecule has 0 unspecified atom stereocenters. The molecule has 13 nitrogen and oxygen atoms in total. The van der Waals surface area contributed by atoms with E-state index in [2.05, 4.69) is 36.0 Å². The molecule has 230 valence electrons. The number of pyridine rings is 2. The fourth-order valence-corrected chi connectivity index (χ4v) is 4.71. The van der Waals surface area contributed by atoms with Crippen LogP contribution in [0.4, 0.5) is 22.2 Å². The van der Waals surface area contributed by atoms with Crippen molar-refractivity contribution >= 4 is 34.5 Å². The Labute approximate surface area is 259 Å². The molecule has 0 saturated heterocycles. The van der Waals surface area contributed by atoms with Gasteiger partial charge in [-0.2, -0.15) is 15.3 Å². The molecule has 45 heavy (non-hydrogen) atoms. The van der Waals surface area contributed by atoms with Gasteiger partial charge in [-0.1, -0.05) is 32.9 Å². The minimum Gasteiger partial charge on any atom is -0.394 e. The highest BCUT2D eigenvalue weighted by Gasteiger charge is 2.26. The predicted octanol–water partition coefficient (Wildman–Crippen LogP) is 4.62. The maximum Gasteiger partial charge on any atom is 0.324 e. The number of hydrogen-bond acceptors (Lipinski definition) is 9. The first-order valence-corrected chi connectivity index (χ1v) is 14.2. The molecule has 1 aromatic carbocycles. The number of aromatic nitrogens is 6. The van der Waals surface area contributed by atoms with Gasteiger partial charge in [-0.15, -0.1) is 0 Å². The lowest BCUT2D eigenvalue weighted by Crippen LogP contribution is -2.40. The summed E-state index contributed by atoms with van der Waals surface area (Å²) in [4.78, 5) is 40.1. The Morgan fingerprint density at radius 1 is 1.02 bits per heavy atom. The Balaban J connectivity index is 1.48. The smallest absolute Gasteiger partial charge is 0.324 e. The minimum atomic E-state index is -0.959. The van der Waals surface area contributed by atoms with Crippen LogP contribution in [0.15, 0.2) is 65.7 Å². The van der Waals surface area contributed by atoms with Crippen molar-refractivity contribution < 1.29 is 9.90 Å². The van der Waals surface area contributed by atoms with Crippen molar-refractivity contribution in [1.29, 1.82) is 5.26 Å². The van der Waals surface area contributed by atoms with Crippen molar-refractivity contribution in [2.24, 2.45) is 0 Å². The molecule has 0 bridgehead atoms. The summed E-state index contributed by atoms with van der Waals surface area (Å²) < 4.78 is 3.03. The van der Waals surface area contributed by atoms with Crippen LogP contribution in [0.1, 0.15) is 46.0 Å². The lowest BCUT2D eigenvalue weighted by atomic mass is 9.92. The lowest BCUT2D eigenvalue weighted by molar-refractivity contribution is 0.164. The number of nitrogens with one attached hydrogen (secondary N) is 3. The van der Waals surface area contributed by atoms with Crippen LogP contribution < -0.4 is 21.5 Å². The van der Waals surface area contributed by atoms with E-state index in [1.807, 2.05) is 26.8 Å². The third kappa shape index (κ3) is 6.22. The van der Waals surface area contributed by atoms with E-state index in [-0.39, 0.29) is 23.3 Å². The quantitative estimate of drug-likeness (QED) is 0.206. The van der Waals surface area contributed by atoms with Gasteiger partial charge in [0.15, 0.2) is 0 Å². The molecule has 0 aliphatic rings. The van der Waals surface area contributed by atoms with Gasteiger partial charge in [0.2, 0.25) is 5.95 Å². The molecule has 4 heterocycles. The first kappa shape index (κ1) is 30.8. The summed E-state index contributed by atoms with van der Waals surface area (Å²) in [6, 6.07) is 15.2. The molecule has 0 aliphatic carbocycles. The van der Waals surface area contributed by atoms with Crippen LogP contribution in [0.25, 0.3) is 27.8 Å². The maximum atomic E-state index is 13.9. The fraction of sp³-hybridized carbons (Fsp3) is 0.281. The Bertz CT molecular complexity index is 2000. The van der Waals surface area contributed by atoms with E-state index in [1.165, 1.54) is 10.8 Å². The van der Waals surface area contributed by atoms with Gasteiger partial charge in [-0.25, -0.2) is 19.4 Å². The van der Waals surface area contributed by atoms with Gasteiger partial charge in [-0.3, -0.25) is 14.7 Å². The summed E-state index contributed by atoms with van der Waals surface area (Å²) in [7, 11) is 1.69. The number of nitriles is 1. The van der Waals surface area contributed by atoms with Crippen molar-refractivity contribution in [2.45, 2.75) is 45.6 Å². The summed E-state index contributed by atoms with van der Waals surface area (Å²) in [6.45, 7) is 9.26. The molecule has 4 aromatic heterocycles. The fourth-order valence-electron chi connectivity index (χ4n) is 4.71. The molecule has 0 spiro atoms. The third-order valence-corrected chi connectivity index (χ3v) is 7.21. The van der Waals surface area contributed by atoms with Crippen molar-refractivity contribution in [2.75, 3.05) is 29.6 Å². The summed E-state index contributed by atoms with van der Waals surface area (Å²) in [6.07, 6.45) is 3.14. The second-order valence-electron chi connectivity index (χ2n) is 12.1. The SMILES string of the molecule is CNc1ncc2cc(-c3cccc(NC(=O)Nc4cc(C(C)(C)C)nn4-c4ccc(C#N)nc4)c3)c(=O)n(C(C)(C)CO)c2n1. The van der Waals surface area contributed by atoms with Gasteiger partial charge in [0.05, 0.1) is 29.7 Å². The highest BCUT2D eigenvalue weighted by Crippen LogP contribution is 2.28. The van der Waals surface area contributed by atoms with E-state index in [0.717, 1.165) is 5.69 Å². The highest BCUT2D eigenvalue weighted by molar-refractivity contribution is 6.00. The normalized spacial score (nSPS) is 11.7. The van der Waals surface area contributed by atoms with Crippen molar-refractivity contribution in [3.63, 3.8) is 0 Å². The highest BCUT2D eigenvalue weighted by atomic mass is 16.3. The second-order valence-corrected chi connectivity index (χ2v) is 12.1. The van der Waals surface area contributed by atoms with Crippen molar-refractivity contribution in [1.82, 2.24) is 29.3 Å². The number of fused-ring (bicyclic) bond motifs is 1. The predicted molar refractivity (Wildman–Crippen MR) is 173 cm³/mol. The van der Waals surface area contributed by atoms with E-state index in [1.54, 1.807) is 80.3 Å². The average molecular weight is 607 g/mol. The van der Waals surface area contributed by atoms with Crippen LogP contribution in [0.3, 0.4) is 0 Å².